The fourth-order valence-electron chi connectivity index (χ4n) is 2.18. The Morgan fingerprint density at radius 2 is 1.75 bits per heavy atom. The van der Waals surface area contributed by atoms with Crippen LogP contribution in [0.15, 0.2) is 47.4 Å². The highest BCUT2D eigenvalue weighted by molar-refractivity contribution is 14.1. The normalized spacial score (nSPS) is 15.2. The van der Waals surface area contributed by atoms with Gasteiger partial charge in [-0.15, -0.1) is 0 Å². The molecule has 0 aliphatic carbocycles. The van der Waals surface area contributed by atoms with Crippen LogP contribution in [0.25, 0.3) is 10.8 Å². The second-order valence-corrected chi connectivity index (χ2v) is 8.52. The van der Waals surface area contributed by atoms with Gasteiger partial charge < -0.3 is 0 Å². The highest BCUT2D eigenvalue weighted by Gasteiger charge is 2.22. The quantitative estimate of drug-likeness (QED) is 0.427. The summed E-state index contributed by atoms with van der Waals surface area (Å²) in [6.07, 6.45) is 0.371. The molecule has 0 spiro atoms. The topological polar surface area (TPSA) is 43.4 Å². The molecule has 3 nitrogen and oxygen atoms in total. The number of rotatable bonds is 5. The van der Waals surface area contributed by atoms with Gasteiger partial charge in [-0.25, -0.2) is 0 Å². The Kier molecular flexibility index (Phi) is 5.04. The highest BCUT2D eigenvalue weighted by Crippen LogP contribution is 2.25. The summed E-state index contributed by atoms with van der Waals surface area (Å²) >= 11 is 2.26. The molecule has 108 valence electrons. The maximum absolute atomic E-state index is 12.4. The molecule has 0 aromatic heterocycles. The van der Waals surface area contributed by atoms with E-state index in [0.29, 0.717) is 15.7 Å². The zero-order valence-corrected chi connectivity index (χ0v) is 14.4. The van der Waals surface area contributed by atoms with Crippen LogP contribution in [0.5, 0.6) is 0 Å². The first kappa shape index (κ1) is 15.7. The van der Waals surface area contributed by atoms with E-state index in [-0.39, 0.29) is 11.0 Å². The van der Waals surface area contributed by atoms with Gasteiger partial charge in [0.25, 0.3) is 10.1 Å². The molecular formula is C15H17IO3S. The number of benzene rings is 2. The van der Waals surface area contributed by atoms with Crippen molar-refractivity contribution >= 4 is 43.5 Å². The van der Waals surface area contributed by atoms with Crippen LogP contribution in [0.1, 0.15) is 20.3 Å². The molecule has 0 aliphatic heterocycles. The first-order chi connectivity index (χ1) is 9.40. The predicted octanol–water partition coefficient (Wildman–Crippen LogP) is 4.15. The second kappa shape index (κ2) is 6.41. The molecule has 0 bridgehead atoms. The van der Waals surface area contributed by atoms with Crippen molar-refractivity contribution < 1.29 is 12.6 Å². The van der Waals surface area contributed by atoms with E-state index in [1.807, 2.05) is 31.2 Å². The summed E-state index contributed by atoms with van der Waals surface area (Å²) in [5.41, 5.74) is 0. The van der Waals surface area contributed by atoms with Crippen molar-refractivity contribution in [2.45, 2.75) is 35.2 Å². The molecule has 0 radical (unpaired) electrons. The summed E-state index contributed by atoms with van der Waals surface area (Å²) in [5.74, 6) is 0. The maximum atomic E-state index is 12.4. The van der Waals surface area contributed by atoms with Crippen LogP contribution in [-0.2, 0) is 14.3 Å². The minimum Gasteiger partial charge on any atom is -0.263 e. The smallest absolute Gasteiger partial charge is 0.263 e. The van der Waals surface area contributed by atoms with Gasteiger partial charge in [-0.2, -0.15) is 8.42 Å². The van der Waals surface area contributed by atoms with E-state index >= 15 is 0 Å². The third kappa shape index (κ3) is 3.71. The van der Waals surface area contributed by atoms with E-state index in [0.717, 1.165) is 5.39 Å². The number of alkyl halides is 1. The lowest BCUT2D eigenvalue weighted by Gasteiger charge is -2.15. The Morgan fingerprint density at radius 3 is 2.45 bits per heavy atom. The molecule has 0 fully saturated rings. The average molecular weight is 404 g/mol. The number of hydrogen-bond donors (Lipinski definition) is 0. The number of halogens is 1. The van der Waals surface area contributed by atoms with E-state index in [2.05, 4.69) is 22.6 Å². The largest absolute Gasteiger partial charge is 0.297 e. The lowest BCUT2D eigenvalue weighted by Crippen LogP contribution is -2.18. The van der Waals surface area contributed by atoms with Gasteiger partial charge >= 0.3 is 0 Å². The van der Waals surface area contributed by atoms with Crippen molar-refractivity contribution in [1.29, 1.82) is 0 Å². The predicted molar refractivity (Wildman–Crippen MR) is 89.8 cm³/mol. The average Bonchev–Trinajstić information content (AvgIpc) is 2.36. The molecular weight excluding hydrogens is 387 g/mol. The van der Waals surface area contributed by atoms with E-state index < -0.39 is 10.1 Å². The summed E-state index contributed by atoms with van der Waals surface area (Å²) in [7, 11) is -3.74. The van der Waals surface area contributed by atoms with Crippen LogP contribution in [0.4, 0.5) is 0 Å². The third-order valence-electron chi connectivity index (χ3n) is 2.97. The summed E-state index contributed by atoms with van der Waals surface area (Å²) < 4.78 is 30.5. The molecule has 0 N–H and O–H groups in total. The number of fused-ring (bicyclic) bond motifs is 1. The van der Waals surface area contributed by atoms with Gasteiger partial charge in [-0.3, -0.25) is 4.18 Å². The maximum Gasteiger partial charge on any atom is 0.297 e. The third-order valence-corrected chi connectivity index (χ3v) is 4.95. The molecule has 5 heteroatoms. The fourth-order valence-corrected chi connectivity index (χ4v) is 4.21. The second-order valence-electron chi connectivity index (χ2n) is 4.85. The zero-order chi connectivity index (χ0) is 14.8. The summed E-state index contributed by atoms with van der Waals surface area (Å²) in [6, 6.07) is 12.6. The molecule has 0 aliphatic rings. The minimum atomic E-state index is -3.74. The van der Waals surface area contributed by atoms with Gasteiger partial charge in [0.05, 0.1) is 6.10 Å². The van der Waals surface area contributed by atoms with Gasteiger partial charge in [0.15, 0.2) is 0 Å². The summed E-state index contributed by atoms with van der Waals surface area (Å²) in [5, 5.41) is 1.59. The molecule has 20 heavy (non-hydrogen) atoms. The zero-order valence-electron chi connectivity index (χ0n) is 11.4. The standard InChI is InChI=1S/C15H17IO3S/c1-11(16)10-12(2)19-20(17,18)15-9-5-7-13-6-3-4-8-14(13)15/h3-9,11-12H,10H2,1-2H3/t11?,12-/m0/s1. The van der Waals surface area contributed by atoms with Crippen LogP contribution >= 0.6 is 22.6 Å². The van der Waals surface area contributed by atoms with Crippen molar-refractivity contribution in [3.05, 3.63) is 42.5 Å². The van der Waals surface area contributed by atoms with Gasteiger partial charge in [0, 0.05) is 9.31 Å². The molecule has 1 unspecified atom stereocenters. The Labute approximate surface area is 133 Å². The molecule has 0 saturated carbocycles. The van der Waals surface area contributed by atoms with Crippen LogP contribution < -0.4 is 0 Å². The van der Waals surface area contributed by atoms with Crippen LogP contribution in [-0.4, -0.2) is 18.4 Å². The minimum absolute atomic E-state index is 0.239. The van der Waals surface area contributed by atoms with Gasteiger partial charge in [0.2, 0.25) is 0 Å². The molecule has 2 aromatic carbocycles. The Balaban J connectivity index is 2.37. The van der Waals surface area contributed by atoms with E-state index in [1.165, 1.54) is 0 Å². The van der Waals surface area contributed by atoms with Gasteiger partial charge in [-0.05, 0) is 24.8 Å². The lowest BCUT2D eigenvalue weighted by atomic mass is 10.1. The molecule has 0 heterocycles. The first-order valence-corrected chi connectivity index (χ1v) is 9.10. The van der Waals surface area contributed by atoms with Crippen LogP contribution in [0.3, 0.4) is 0 Å². The monoisotopic (exact) mass is 404 g/mol. The SMILES string of the molecule is CC(I)C[C@H](C)OS(=O)(=O)c1cccc2ccccc12. The van der Waals surface area contributed by atoms with E-state index in [4.69, 9.17) is 4.18 Å². The Bertz CT molecular complexity index is 690. The van der Waals surface area contributed by atoms with Crippen LogP contribution in [0, 0.1) is 0 Å². The first-order valence-electron chi connectivity index (χ1n) is 6.45. The van der Waals surface area contributed by atoms with E-state index in [9.17, 15) is 8.42 Å². The van der Waals surface area contributed by atoms with Gasteiger partial charge in [-0.1, -0.05) is 65.9 Å². The van der Waals surface area contributed by atoms with Crippen molar-refractivity contribution in [2.75, 3.05) is 0 Å². The number of hydrogen-bond acceptors (Lipinski definition) is 3. The molecule has 0 amide bonds. The van der Waals surface area contributed by atoms with Crippen molar-refractivity contribution in [2.24, 2.45) is 0 Å². The van der Waals surface area contributed by atoms with Crippen molar-refractivity contribution in [1.82, 2.24) is 0 Å². The summed E-state index contributed by atoms with van der Waals surface area (Å²) in [6.45, 7) is 3.82. The molecule has 2 atom stereocenters. The van der Waals surface area contributed by atoms with Crippen molar-refractivity contribution in [3.63, 3.8) is 0 Å². The van der Waals surface area contributed by atoms with E-state index in [1.54, 1.807) is 25.1 Å². The molecule has 2 aromatic rings. The Morgan fingerprint density at radius 1 is 1.10 bits per heavy atom. The Hall–Kier alpha value is -0.660. The van der Waals surface area contributed by atoms with Crippen LogP contribution in [0.2, 0.25) is 0 Å². The molecule has 2 rings (SSSR count). The summed E-state index contributed by atoms with van der Waals surface area (Å²) in [4.78, 5) is 0.239. The lowest BCUT2D eigenvalue weighted by molar-refractivity contribution is 0.220. The molecule has 0 saturated heterocycles. The highest BCUT2D eigenvalue weighted by atomic mass is 127. The van der Waals surface area contributed by atoms with Crippen molar-refractivity contribution in [3.8, 4) is 0 Å². The van der Waals surface area contributed by atoms with Gasteiger partial charge in [0.1, 0.15) is 4.90 Å². The fraction of sp³-hybridized carbons (Fsp3) is 0.333.